The number of benzene rings is 2. The maximum Gasteiger partial charge on any atom is 0.136 e. The summed E-state index contributed by atoms with van der Waals surface area (Å²) in [6, 6.07) is 21.8. The third-order valence-electron chi connectivity index (χ3n) is 6.99. The monoisotopic (exact) mass is 513 g/mol. The minimum atomic E-state index is 0. The summed E-state index contributed by atoms with van der Waals surface area (Å²) in [7, 11) is 0. The van der Waals surface area contributed by atoms with E-state index < -0.39 is 0 Å². The molecule has 36 heavy (non-hydrogen) atoms. The summed E-state index contributed by atoms with van der Waals surface area (Å²) < 4.78 is 0. The second-order valence-corrected chi connectivity index (χ2v) is 10.0. The van der Waals surface area contributed by atoms with E-state index in [1.54, 1.807) is 0 Å². The summed E-state index contributed by atoms with van der Waals surface area (Å²) in [4.78, 5) is 1.49. The van der Waals surface area contributed by atoms with Crippen LogP contribution in [0.25, 0.3) is 0 Å². The molecule has 0 unspecified atom stereocenters. The Morgan fingerprint density at radius 3 is 1.25 bits per heavy atom. The highest BCUT2D eigenvalue weighted by molar-refractivity contribution is 5.37. The van der Waals surface area contributed by atoms with Gasteiger partial charge in [-0.1, -0.05) is 113 Å². The highest BCUT2D eigenvalue weighted by Crippen LogP contribution is 2.12. The highest BCUT2D eigenvalue weighted by Gasteiger charge is 2.14. The van der Waals surface area contributed by atoms with Crippen molar-refractivity contribution in [3.63, 3.8) is 0 Å². The summed E-state index contributed by atoms with van der Waals surface area (Å²) in [5.41, 5.74) is 2.74. The van der Waals surface area contributed by atoms with Gasteiger partial charge in [0.25, 0.3) is 0 Å². The molecule has 2 rings (SSSR count). The van der Waals surface area contributed by atoms with Gasteiger partial charge in [0.2, 0.25) is 0 Å². The molecule has 0 spiro atoms. The van der Waals surface area contributed by atoms with Crippen molar-refractivity contribution < 1.29 is 22.4 Å². The fourth-order valence-corrected chi connectivity index (χ4v) is 4.85. The molecule has 0 aromatic heterocycles. The van der Waals surface area contributed by atoms with Crippen molar-refractivity contribution in [2.24, 2.45) is 0 Å². The van der Waals surface area contributed by atoms with Crippen molar-refractivity contribution in [3.8, 4) is 0 Å². The van der Waals surface area contributed by atoms with Gasteiger partial charge in [-0.15, -0.1) is 0 Å². The van der Waals surface area contributed by atoms with Crippen LogP contribution in [0.15, 0.2) is 72.8 Å². The van der Waals surface area contributed by atoms with E-state index in [1.807, 2.05) is 0 Å². The van der Waals surface area contributed by atoms with E-state index in [2.05, 4.69) is 72.8 Å². The number of allylic oxidation sites excluding steroid dienone is 2. The molecule has 2 aromatic rings. The zero-order chi connectivity index (χ0) is 24.7. The fourth-order valence-electron chi connectivity index (χ4n) is 4.85. The van der Waals surface area contributed by atoms with E-state index in [1.165, 1.54) is 126 Å². The molecule has 0 aliphatic carbocycles. The van der Waals surface area contributed by atoms with Crippen LogP contribution in [0.3, 0.4) is 0 Å². The van der Waals surface area contributed by atoms with Crippen LogP contribution in [0.4, 0.5) is 11.4 Å². The van der Waals surface area contributed by atoms with Crippen molar-refractivity contribution in [1.29, 1.82) is 0 Å². The number of para-hydroxylation sites is 2. The van der Waals surface area contributed by atoms with Gasteiger partial charge in [-0.2, -0.15) is 0 Å². The number of rotatable bonds is 22. The molecule has 0 amide bonds. The van der Waals surface area contributed by atoms with Crippen LogP contribution in [0.2, 0.25) is 0 Å². The van der Waals surface area contributed by atoms with E-state index in [4.69, 9.17) is 5.11 Å². The number of hydrogen-bond donors (Lipinski definition) is 2. The first-order valence-corrected chi connectivity index (χ1v) is 14.6. The van der Waals surface area contributed by atoms with Crippen LogP contribution < -0.4 is 17.3 Å². The van der Waals surface area contributed by atoms with Gasteiger partial charge in [0, 0.05) is 6.61 Å². The molecule has 0 bridgehead atoms. The van der Waals surface area contributed by atoms with Gasteiger partial charge in [-0.3, -0.25) is 4.90 Å². The second kappa shape index (κ2) is 23.8. The summed E-state index contributed by atoms with van der Waals surface area (Å²) in [6.45, 7) is 1.53. The minimum Gasteiger partial charge on any atom is -1.00 e. The van der Waals surface area contributed by atoms with Crippen LogP contribution in [0.5, 0.6) is 0 Å². The van der Waals surface area contributed by atoms with Gasteiger partial charge in [0.1, 0.15) is 11.4 Å². The normalized spacial score (nSPS) is 11.3. The molecule has 0 saturated heterocycles. The molecule has 202 valence electrons. The highest BCUT2D eigenvalue weighted by atomic mass is 35.5. The Morgan fingerprint density at radius 1 is 0.472 bits per heavy atom. The summed E-state index contributed by atoms with van der Waals surface area (Å²) in [5, 5.41) is 8.78. The topological polar surface area (TPSA) is 24.7 Å². The predicted molar refractivity (Wildman–Crippen MR) is 153 cm³/mol. The van der Waals surface area contributed by atoms with Crippen LogP contribution >= 0.6 is 0 Å². The Balaban J connectivity index is 0.00000648. The van der Waals surface area contributed by atoms with Crippen molar-refractivity contribution >= 4 is 11.4 Å². The maximum absolute atomic E-state index is 8.78. The molecule has 0 aliphatic heterocycles. The summed E-state index contributed by atoms with van der Waals surface area (Å²) in [5.74, 6) is 0. The molecule has 0 aliphatic rings. The molecule has 0 saturated carbocycles. The lowest BCUT2D eigenvalue weighted by atomic mass is 10.1. The van der Waals surface area contributed by atoms with Crippen LogP contribution in [0.1, 0.15) is 109 Å². The standard InChI is InChI=1S/C33H51NO.ClH/c35-31-25-17-15-13-11-9-7-5-3-1-2-4-6-8-10-12-14-16-24-30-34(32-26-20-18-21-27-32)33-28-22-19-23-29-33;/h2,4,18-23,26-29,35H,1,3,5-17,24-25,30-31H2;1H/b4-2-;. The Bertz CT molecular complexity index is 694. The Hall–Kier alpha value is -1.61. The quantitative estimate of drug-likeness (QED) is 0.153. The van der Waals surface area contributed by atoms with E-state index in [0.717, 1.165) is 6.42 Å². The van der Waals surface area contributed by atoms with Gasteiger partial charge in [0.05, 0.1) is 6.54 Å². The average molecular weight is 514 g/mol. The Morgan fingerprint density at radius 2 is 0.833 bits per heavy atom. The molecule has 2 N–H and O–H groups in total. The summed E-state index contributed by atoms with van der Waals surface area (Å²) >= 11 is 0. The second-order valence-electron chi connectivity index (χ2n) is 10.0. The Labute approximate surface area is 228 Å². The summed E-state index contributed by atoms with van der Waals surface area (Å²) in [6.07, 6.45) is 27.1. The van der Waals surface area contributed by atoms with Gasteiger partial charge in [0.15, 0.2) is 0 Å². The average Bonchev–Trinajstić information content (AvgIpc) is 2.90. The van der Waals surface area contributed by atoms with E-state index in [0.29, 0.717) is 6.61 Å². The molecule has 0 radical (unpaired) electrons. The lowest BCUT2D eigenvalue weighted by Crippen LogP contribution is -3.02. The number of hydrogen-bond acceptors (Lipinski definition) is 1. The van der Waals surface area contributed by atoms with E-state index in [-0.39, 0.29) is 12.4 Å². The van der Waals surface area contributed by atoms with Gasteiger partial charge >= 0.3 is 0 Å². The molecular weight excluding hydrogens is 462 g/mol. The first-order chi connectivity index (χ1) is 17.4. The lowest BCUT2D eigenvalue weighted by Gasteiger charge is -2.18. The third kappa shape index (κ3) is 16.2. The molecule has 2 aromatic carbocycles. The smallest absolute Gasteiger partial charge is 0.136 e. The van der Waals surface area contributed by atoms with Gasteiger partial charge < -0.3 is 17.5 Å². The van der Waals surface area contributed by atoms with Crippen molar-refractivity contribution in [1.82, 2.24) is 0 Å². The van der Waals surface area contributed by atoms with Crippen molar-refractivity contribution in [3.05, 3.63) is 72.8 Å². The SMILES string of the molecule is OCCCCCCCCCCC/C=C\CCCCCCCC[NH+](c1ccccc1)c1ccccc1.[Cl-]. The molecule has 2 nitrogen and oxygen atoms in total. The molecule has 0 fully saturated rings. The minimum absolute atomic E-state index is 0. The molecule has 3 heteroatoms. The predicted octanol–water partition coefficient (Wildman–Crippen LogP) is 5.72. The van der Waals surface area contributed by atoms with Crippen molar-refractivity contribution in [2.45, 2.75) is 109 Å². The molecular formula is C33H52ClNO. The maximum atomic E-state index is 8.78. The fraction of sp³-hybridized carbons (Fsp3) is 0.576. The van der Waals surface area contributed by atoms with Crippen molar-refractivity contribution in [2.75, 3.05) is 13.2 Å². The van der Waals surface area contributed by atoms with Crippen LogP contribution in [-0.2, 0) is 0 Å². The molecule has 0 heterocycles. The molecule has 0 atom stereocenters. The number of aliphatic hydroxyl groups excluding tert-OH is 1. The van der Waals surface area contributed by atoms with Gasteiger partial charge in [-0.25, -0.2) is 0 Å². The zero-order valence-electron chi connectivity index (χ0n) is 22.7. The van der Waals surface area contributed by atoms with Gasteiger partial charge in [-0.05, 0) is 69.2 Å². The number of halogens is 1. The lowest BCUT2D eigenvalue weighted by molar-refractivity contribution is -0.760. The van der Waals surface area contributed by atoms with Crippen LogP contribution in [0, 0.1) is 0 Å². The zero-order valence-corrected chi connectivity index (χ0v) is 23.4. The first kappa shape index (κ1) is 32.4. The third-order valence-corrected chi connectivity index (χ3v) is 6.99. The largest absolute Gasteiger partial charge is 1.00 e. The number of aliphatic hydroxyl groups is 1. The van der Waals surface area contributed by atoms with E-state index in [9.17, 15) is 0 Å². The number of unbranched alkanes of at least 4 members (excludes halogenated alkanes) is 15. The van der Waals surface area contributed by atoms with Crippen LogP contribution in [-0.4, -0.2) is 18.3 Å². The number of nitrogens with one attached hydrogen (secondary N) is 1. The first-order valence-electron chi connectivity index (χ1n) is 14.6. The van der Waals surface area contributed by atoms with E-state index >= 15 is 0 Å². The number of quaternary nitrogens is 1. The Kier molecular flexibility index (Phi) is 21.4.